The molecule has 0 spiro atoms. The normalized spacial score (nSPS) is 16.3. The van der Waals surface area contributed by atoms with E-state index in [-0.39, 0.29) is 35.5 Å². The maximum absolute atomic E-state index is 14.9. The number of carbonyl (C=O) groups excluding carboxylic acids is 1. The molecule has 1 amide bonds. The van der Waals surface area contributed by atoms with Crippen LogP contribution in [0.5, 0.6) is 11.5 Å². The van der Waals surface area contributed by atoms with Crippen molar-refractivity contribution in [3.63, 3.8) is 0 Å². The summed E-state index contributed by atoms with van der Waals surface area (Å²) in [6.45, 7) is 7.33. The highest BCUT2D eigenvalue weighted by molar-refractivity contribution is 5.71. The van der Waals surface area contributed by atoms with Crippen molar-refractivity contribution in [1.82, 2.24) is 5.48 Å². The first-order valence-electron chi connectivity index (χ1n) is 10.7. The number of halogens is 2. The molecule has 32 heavy (non-hydrogen) atoms. The molecule has 0 fully saturated rings. The number of nitrogens with zero attached hydrogens (tertiary/aromatic N) is 1. The number of alkyl halides is 2. The van der Waals surface area contributed by atoms with E-state index >= 15 is 0 Å². The standard InChI is InChI=1S/C22H30F2N2O6/c1-5-6-10-22(23,24)17-12-18(30-14(2)3)20(16-9-7-8-15(4)11-16)19(13-17)31-21(27)25-32-26(28)29/h11-14,16H,5-10H2,1-4H3,(H,25,27). The topological polar surface area (TPSA) is 99.9 Å². The van der Waals surface area contributed by atoms with Crippen molar-refractivity contribution in [2.75, 3.05) is 0 Å². The quantitative estimate of drug-likeness (QED) is 0.256. The number of hydrogen-bond donors (Lipinski definition) is 1. The van der Waals surface area contributed by atoms with E-state index in [0.717, 1.165) is 24.5 Å². The van der Waals surface area contributed by atoms with Gasteiger partial charge in [0.15, 0.2) is 0 Å². The minimum atomic E-state index is -3.17. The van der Waals surface area contributed by atoms with E-state index in [0.29, 0.717) is 24.8 Å². The maximum atomic E-state index is 14.9. The Morgan fingerprint density at radius 1 is 1.34 bits per heavy atom. The highest BCUT2D eigenvalue weighted by Gasteiger charge is 2.35. The van der Waals surface area contributed by atoms with Crippen LogP contribution in [0.2, 0.25) is 0 Å². The summed E-state index contributed by atoms with van der Waals surface area (Å²) in [4.78, 5) is 26.3. The summed E-state index contributed by atoms with van der Waals surface area (Å²) in [6, 6.07) is 2.42. The van der Waals surface area contributed by atoms with Gasteiger partial charge in [0, 0.05) is 23.5 Å². The minimum absolute atomic E-state index is 0.144. The molecule has 1 aromatic carbocycles. The number of nitrogens with one attached hydrogen (secondary N) is 1. The molecule has 10 heteroatoms. The van der Waals surface area contributed by atoms with Crippen molar-refractivity contribution in [2.45, 2.75) is 84.2 Å². The van der Waals surface area contributed by atoms with E-state index < -0.39 is 17.1 Å². The van der Waals surface area contributed by atoms with Crippen LogP contribution in [-0.2, 0) is 10.9 Å². The van der Waals surface area contributed by atoms with Gasteiger partial charge in [-0.3, -0.25) is 0 Å². The Morgan fingerprint density at radius 3 is 2.62 bits per heavy atom. The van der Waals surface area contributed by atoms with E-state index in [9.17, 15) is 23.7 Å². The van der Waals surface area contributed by atoms with Crippen molar-refractivity contribution in [1.29, 1.82) is 0 Å². The van der Waals surface area contributed by atoms with Crippen LogP contribution in [0.3, 0.4) is 0 Å². The number of ether oxygens (including phenoxy) is 2. The molecule has 0 aliphatic heterocycles. The Bertz CT molecular complexity index is 857. The molecule has 1 N–H and O–H groups in total. The van der Waals surface area contributed by atoms with Gasteiger partial charge in [-0.1, -0.05) is 25.0 Å². The van der Waals surface area contributed by atoms with Crippen LogP contribution in [0.15, 0.2) is 23.8 Å². The van der Waals surface area contributed by atoms with Crippen LogP contribution in [0.1, 0.15) is 83.3 Å². The zero-order chi connectivity index (χ0) is 23.9. The summed E-state index contributed by atoms with van der Waals surface area (Å²) in [5.74, 6) is -3.35. The molecular weight excluding hydrogens is 426 g/mol. The van der Waals surface area contributed by atoms with Crippen LogP contribution in [0.25, 0.3) is 0 Å². The van der Waals surface area contributed by atoms with E-state index in [1.165, 1.54) is 11.5 Å². The van der Waals surface area contributed by atoms with Crippen LogP contribution < -0.4 is 15.0 Å². The zero-order valence-corrected chi connectivity index (χ0v) is 18.8. The number of benzene rings is 1. The molecule has 0 saturated heterocycles. The number of hydroxylamine groups is 1. The van der Waals surface area contributed by atoms with Gasteiger partial charge in [-0.2, -0.15) is 10.4 Å². The summed E-state index contributed by atoms with van der Waals surface area (Å²) in [6.07, 6.45) is 3.41. The van der Waals surface area contributed by atoms with Gasteiger partial charge in [0.1, 0.15) is 11.5 Å². The molecule has 1 aliphatic carbocycles. The number of amides is 1. The zero-order valence-electron chi connectivity index (χ0n) is 18.8. The number of allylic oxidation sites excluding steroid dienone is 2. The summed E-state index contributed by atoms with van der Waals surface area (Å²) in [5, 5.41) is 9.13. The Morgan fingerprint density at radius 2 is 2.03 bits per heavy atom. The molecule has 0 heterocycles. The first kappa shape index (κ1) is 25.4. The smallest absolute Gasteiger partial charge is 0.436 e. The fourth-order valence-electron chi connectivity index (χ4n) is 3.69. The number of unbranched alkanes of at least 4 members (excludes halogenated alkanes) is 1. The molecule has 2 rings (SSSR count). The molecule has 1 aliphatic rings. The molecule has 0 bridgehead atoms. The first-order valence-corrected chi connectivity index (χ1v) is 10.7. The van der Waals surface area contributed by atoms with Crippen LogP contribution in [0.4, 0.5) is 13.6 Å². The molecule has 1 unspecified atom stereocenters. The highest BCUT2D eigenvalue weighted by atomic mass is 19.3. The van der Waals surface area contributed by atoms with Crippen LogP contribution >= 0.6 is 0 Å². The summed E-state index contributed by atoms with van der Waals surface area (Å²) in [7, 11) is 0. The van der Waals surface area contributed by atoms with Crippen molar-refractivity contribution in [3.8, 4) is 11.5 Å². The average molecular weight is 456 g/mol. The molecule has 178 valence electrons. The van der Waals surface area contributed by atoms with E-state index in [4.69, 9.17) is 9.47 Å². The number of hydrogen-bond acceptors (Lipinski definition) is 6. The summed E-state index contributed by atoms with van der Waals surface area (Å²) in [5.41, 5.74) is 2.75. The number of carbonyl (C=O) groups is 1. The third-order valence-corrected chi connectivity index (χ3v) is 5.08. The molecular formula is C22H30F2N2O6. The lowest BCUT2D eigenvalue weighted by molar-refractivity contribution is -0.772. The second kappa shape index (κ2) is 11.1. The van der Waals surface area contributed by atoms with E-state index in [1.807, 2.05) is 19.9 Å². The molecule has 1 aromatic rings. The Balaban J connectivity index is 2.59. The second-order valence-electron chi connectivity index (χ2n) is 8.18. The Kier molecular flexibility index (Phi) is 8.80. The van der Waals surface area contributed by atoms with Gasteiger partial charge >= 0.3 is 11.2 Å². The third kappa shape index (κ3) is 7.06. The van der Waals surface area contributed by atoms with Gasteiger partial charge in [-0.15, -0.1) is 10.1 Å². The lowest BCUT2D eigenvalue weighted by atomic mass is 9.84. The van der Waals surface area contributed by atoms with E-state index in [2.05, 4.69) is 4.94 Å². The SMILES string of the molecule is CCCCC(F)(F)c1cc(OC(=O)NO[N+](=O)[O-])c(C2C=C(C)CCC2)c(OC(C)C)c1. The highest BCUT2D eigenvalue weighted by Crippen LogP contribution is 2.46. The average Bonchev–Trinajstić information content (AvgIpc) is 2.70. The fourth-order valence-corrected chi connectivity index (χ4v) is 3.69. The van der Waals surface area contributed by atoms with Gasteiger partial charge in [0.05, 0.1) is 6.10 Å². The predicted molar refractivity (Wildman–Crippen MR) is 113 cm³/mol. The molecule has 8 nitrogen and oxygen atoms in total. The van der Waals surface area contributed by atoms with Crippen molar-refractivity contribution in [3.05, 3.63) is 45.0 Å². The molecule has 0 saturated carbocycles. The minimum Gasteiger partial charge on any atom is -0.491 e. The Hall–Kier alpha value is -2.91. The van der Waals surface area contributed by atoms with E-state index in [1.54, 1.807) is 13.8 Å². The van der Waals surface area contributed by atoms with Gasteiger partial charge in [0.2, 0.25) is 0 Å². The third-order valence-electron chi connectivity index (χ3n) is 5.08. The van der Waals surface area contributed by atoms with Gasteiger partial charge in [-0.25, -0.2) is 13.6 Å². The predicted octanol–water partition coefficient (Wildman–Crippen LogP) is 6.18. The fraction of sp³-hybridized carbons (Fsp3) is 0.591. The first-order chi connectivity index (χ1) is 15.0. The number of rotatable bonds is 10. The largest absolute Gasteiger partial charge is 0.491 e. The van der Waals surface area contributed by atoms with Crippen molar-refractivity contribution >= 4 is 6.09 Å². The van der Waals surface area contributed by atoms with Crippen molar-refractivity contribution < 1.29 is 33.1 Å². The second-order valence-corrected chi connectivity index (χ2v) is 8.18. The van der Waals surface area contributed by atoms with Crippen molar-refractivity contribution in [2.24, 2.45) is 0 Å². The summed E-state index contributed by atoms with van der Waals surface area (Å²) >= 11 is 0. The Labute approximate surface area is 186 Å². The molecule has 1 atom stereocenters. The lowest BCUT2D eigenvalue weighted by Crippen LogP contribution is -2.30. The van der Waals surface area contributed by atoms with Crippen LogP contribution in [0, 0.1) is 10.1 Å². The van der Waals surface area contributed by atoms with Gasteiger partial charge in [0.25, 0.3) is 5.92 Å². The van der Waals surface area contributed by atoms with Gasteiger partial charge < -0.3 is 9.47 Å². The van der Waals surface area contributed by atoms with Gasteiger partial charge in [-0.05, 0) is 58.6 Å². The van der Waals surface area contributed by atoms with Crippen LogP contribution in [-0.4, -0.2) is 17.3 Å². The monoisotopic (exact) mass is 456 g/mol. The maximum Gasteiger partial charge on any atom is 0.436 e. The lowest BCUT2D eigenvalue weighted by Gasteiger charge is -2.27. The molecule has 0 aromatic heterocycles. The summed E-state index contributed by atoms with van der Waals surface area (Å²) < 4.78 is 41.0. The molecule has 0 radical (unpaired) electrons.